The fourth-order valence-electron chi connectivity index (χ4n) is 6.30. The zero-order valence-corrected chi connectivity index (χ0v) is 24.5. The highest BCUT2D eigenvalue weighted by Crippen LogP contribution is 2.31. The second kappa shape index (κ2) is 12.0. The van der Waals surface area contributed by atoms with Crippen LogP contribution in [0.5, 0.6) is 5.88 Å². The van der Waals surface area contributed by atoms with Crippen LogP contribution in [0.4, 0.5) is 0 Å². The number of imidazole rings is 1. The smallest absolute Gasteiger partial charge is 0.335 e. The third-order valence-corrected chi connectivity index (χ3v) is 8.95. The van der Waals surface area contributed by atoms with Crippen LogP contribution in [0.25, 0.3) is 22.0 Å². The fourth-order valence-corrected chi connectivity index (χ4v) is 6.51. The Morgan fingerprint density at radius 1 is 1.07 bits per heavy atom. The topological polar surface area (TPSA) is 103 Å². The second-order valence-electron chi connectivity index (χ2n) is 11.4. The van der Waals surface area contributed by atoms with Gasteiger partial charge < -0.3 is 23.6 Å². The predicted molar refractivity (Wildman–Crippen MR) is 163 cm³/mol. The number of rotatable bonds is 9. The van der Waals surface area contributed by atoms with Crippen LogP contribution >= 0.6 is 11.6 Å². The average Bonchev–Trinajstić information content (AvgIpc) is 3.79. The number of halogens is 1. The molecule has 1 unspecified atom stereocenters. The third kappa shape index (κ3) is 5.85. The molecule has 7 rings (SSSR count). The molecule has 0 bridgehead atoms. The molecule has 1 atom stereocenters. The molecule has 2 aromatic carbocycles. The fraction of sp³-hybridized carbons (Fsp3) is 0.364. The van der Waals surface area contributed by atoms with Crippen LogP contribution in [0.2, 0.25) is 5.02 Å². The van der Waals surface area contributed by atoms with Crippen molar-refractivity contribution in [3.63, 3.8) is 0 Å². The van der Waals surface area contributed by atoms with Crippen LogP contribution < -0.4 is 4.74 Å². The number of fused-ring (bicyclic) bond motifs is 2. The number of piperidine rings is 1. The number of aromatic nitrogens is 3. The summed E-state index contributed by atoms with van der Waals surface area (Å²) in [4.78, 5) is 23.9. The highest BCUT2D eigenvalue weighted by Gasteiger charge is 2.25. The van der Waals surface area contributed by atoms with Crippen molar-refractivity contribution in [1.29, 1.82) is 0 Å². The van der Waals surface area contributed by atoms with Gasteiger partial charge in [-0.3, -0.25) is 4.90 Å². The summed E-state index contributed by atoms with van der Waals surface area (Å²) in [7, 11) is 0. The monoisotopic (exact) mass is 600 g/mol. The first-order valence-corrected chi connectivity index (χ1v) is 15.2. The highest BCUT2D eigenvalue weighted by atomic mass is 35.5. The SMILES string of the molecule is O=C(O)c1ccc2nc(CN3CCC(c4cccc(OCc5ccc(Cl)c6ccoc56)n4)CC3)n(CC3CCCO3)c2c1. The minimum atomic E-state index is -0.932. The van der Waals surface area contributed by atoms with Crippen molar-refractivity contribution < 1.29 is 23.8 Å². The number of pyridine rings is 1. The molecule has 2 fully saturated rings. The Labute approximate surface area is 254 Å². The van der Waals surface area contributed by atoms with Gasteiger partial charge in [0, 0.05) is 35.2 Å². The molecule has 1 N–H and O–H groups in total. The van der Waals surface area contributed by atoms with Crippen LogP contribution in [0.3, 0.4) is 0 Å². The molecule has 5 heterocycles. The third-order valence-electron chi connectivity index (χ3n) is 8.62. The Bertz CT molecular complexity index is 1770. The standard InChI is InChI=1S/C33H33ClN4O5/c34-26-8-6-23(32-25(26)12-16-42-32)20-43-31-5-1-4-27(36-31)21-10-13-37(14-11-21)19-30-35-28-9-7-22(33(39)40)17-29(28)38(30)18-24-3-2-15-41-24/h1,4-9,12,16-17,21,24H,2-3,10-11,13-15,18-20H2,(H,39,40). The summed E-state index contributed by atoms with van der Waals surface area (Å²) in [5, 5.41) is 11.1. The number of benzene rings is 2. The first kappa shape index (κ1) is 27.9. The maximum atomic E-state index is 11.7. The number of ether oxygens (including phenoxy) is 2. The van der Waals surface area contributed by atoms with E-state index in [-0.39, 0.29) is 11.7 Å². The zero-order chi connectivity index (χ0) is 29.3. The molecule has 0 aliphatic carbocycles. The molecule has 2 aliphatic heterocycles. The van der Waals surface area contributed by atoms with Crippen molar-refractivity contribution in [2.24, 2.45) is 0 Å². The summed E-state index contributed by atoms with van der Waals surface area (Å²) in [5.41, 5.74) is 4.66. The zero-order valence-electron chi connectivity index (χ0n) is 23.7. The van der Waals surface area contributed by atoms with Gasteiger partial charge in [-0.15, -0.1) is 0 Å². The van der Waals surface area contributed by atoms with Crippen molar-refractivity contribution in [2.45, 2.75) is 57.4 Å². The summed E-state index contributed by atoms with van der Waals surface area (Å²) in [5.74, 6) is 0.959. The van der Waals surface area contributed by atoms with E-state index in [1.807, 2.05) is 36.4 Å². The van der Waals surface area contributed by atoms with Gasteiger partial charge in [0.15, 0.2) is 0 Å². The molecule has 0 radical (unpaired) electrons. The average molecular weight is 601 g/mol. The molecule has 0 amide bonds. The van der Waals surface area contributed by atoms with E-state index < -0.39 is 5.97 Å². The molecule has 5 aromatic rings. The van der Waals surface area contributed by atoms with Gasteiger partial charge >= 0.3 is 5.97 Å². The number of aromatic carboxylic acids is 1. The molecule has 3 aromatic heterocycles. The molecular formula is C33H33ClN4O5. The second-order valence-corrected chi connectivity index (χ2v) is 11.8. The summed E-state index contributed by atoms with van der Waals surface area (Å²) >= 11 is 6.28. The Balaban J connectivity index is 1.02. The quantitative estimate of drug-likeness (QED) is 0.200. The van der Waals surface area contributed by atoms with Crippen molar-refractivity contribution in [1.82, 2.24) is 19.4 Å². The summed E-state index contributed by atoms with van der Waals surface area (Å²) < 4.78 is 19.8. The van der Waals surface area contributed by atoms with Crippen LogP contribution in [0, 0.1) is 0 Å². The van der Waals surface area contributed by atoms with Gasteiger partial charge in [0.1, 0.15) is 18.0 Å². The molecule has 0 saturated carbocycles. The van der Waals surface area contributed by atoms with Crippen molar-refractivity contribution in [3.8, 4) is 5.88 Å². The minimum Gasteiger partial charge on any atom is -0.478 e. The number of hydrogen-bond acceptors (Lipinski definition) is 7. The van der Waals surface area contributed by atoms with Gasteiger partial charge in [-0.25, -0.2) is 14.8 Å². The maximum Gasteiger partial charge on any atom is 0.335 e. The summed E-state index contributed by atoms with van der Waals surface area (Å²) in [6, 6.07) is 16.8. The van der Waals surface area contributed by atoms with E-state index in [4.69, 9.17) is 35.5 Å². The Morgan fingerprint density at radius 3 is 2.77 bits per heavy atom. The maximum absolute atomic E-state index is 11.7. The highest BCUT2D eigenvalue weighted by molar-refractivity contribution is 6.35. The van der Waals surface area contributed by atoms with Gasteiger partial charge in [-0.2, -0.15) is 0 Å². The van der Waals surface area contributed by atoms with Crippen LogP contribution in [0.1, 0.15) is 59.0 Å². The predicted octanol–water partition coefficient (Wildman–Crippen LogP) is 6.67. The van der Waals surface area contributed by atoms with Crippen molar-refractivity contribution in [3.05, 3.63) is 88.5 Å². The summed E-state index contributed by atoms with van der Waals surface area (Å²) in [6.07, 6.45) is 5.79. The van der Waals surface area contributed by atoms with Gasteiger partial charge in [-0.05, 0) is 75.2 Å². The van der Waals surface area contributed by atoms with E-state index in [1.54, 1.807) is 18.4 Å². The van der Waals surface area contributed by atoms with Crippen molar-refractivity contribution in [2.75, 3.05) is 19.7 Å². The largest absolute Gasteiger partial charge is 0.478 e. The number of carbonyl (C=O) groups is 1. The van der Waals surface area contributed by atoms with Crippen LogP contribution in [0.15, 0.2) is 65.3 Å². The van der Waals surface area contributed by atoms with E-state index in [2.05, 4.69) is 15.5 Å². The van der Waals surface area contributed by atoms with E-state index in [9.17, 15) is 9.90 Å². The lowest BCUT2D eigenvalue weighted by molar-refractivity contribution is 0.0697. The first-order chi connectivity index (χ1) is 21.0. The van der Waals surface area contributed by atoms with E-state index in [1.165, 1.54) is 0 Å². The molecule has 2 saturated heterocycles. The number of furan rings is 1. The number of carboxylic acids is 1. The molecule has 43 heavy (non-hydrogen) atoms. The molecular weight excluding hydrogens is 568 g/mol. The Kier molecular flexibility index (Phi) is 7.78. The van der Waals surface area contributed by atoms with Crippen LogP contribution in [-0.4, -0.2) is 56.3 Å². The van der Waals surface area contributed by atoms with E-state index in [0.29, 0.717) is 36.5 Å². The number of carboxylic acid groups (broad SMARTS) is 1. The lowest BCUT2D eigenvalue weighted by Crippen LogP contribution is -2.34. The Hall–Kier alpha value is -3.92. The summed E-state index contributed by atoms with van der Waals surface area (Å²) in [6.45, 7) is 4.34. The number of likely N-dealkylation sites (tertiary alicyclic amines) is 1. The lowest BCUT2D eigenvalue weighted by Gasteiger charge is -2.31. The number of hydrogen-bond donors (Lipinski definition) is 1. The molecule has 0 spiro atoms. The van der Waals surface area contributed by atoms with Gasteiger partial charge in [0.2, 0.25) is 5.88 Å². The Morgan fingerprint density at radius 2 is 1.95 bits per heavy atom. The normalized spacial score (nSPS) is 18.1. The molecule has 222 valence electrons. The van der Waals surface area contributed by atoms with Crippen LogP contribution in [-0.2, 0) is 24.4 Å². The van der Waals surface area contributed by atoms with E-state index in [0.717, 1.165) is 84.5 Å². The minimum absolute atomic E-state index is 0.126. The van der Waals surface area contributed by atoms with Crippen molar-refractivity contribution >= 4 is 39.6 Å². The molecule has 9 nitrogen and oxygen atoms in total. The molecule has 2 aliphatic rings. The van der Waals surface area contributed by atoms with E-state index >= 15 is 0 Å². The molecule has 10 heteroatoms. The lowest BCUT2D eigenvalue weighted by atomic mass is 9.93. The first-order valence-electron chi connectivity index (χ1n) is 14.8. The van der Waals surface area contributed by atoms with Gasteiger partial charge in [0.25, 0.3) is 0 Å². The van der Waals surface area contributed by atoms with Gasteiger partial charge in [-0.1, -0.05) is 23.7 Å². The number of nitrogens with zero attached hydrogens (tertiary/aromatic N) is 4. The van der Waals surface area contributed by atoms with Gasteiger partial charge in [0.05, 0.1) is 47.1 Å².